The van der Waals surface area contributed by atoms with Crippen molar-refractivity contribution in [1.29, 1.82) is 0 Å². The number of halogens is 1. The van der Waals surface area contributed by atoms with Crippen LogP contribution in [-0.4, -0.2) is 48.9 Å². The van der Waals surface area contributed by atoms with E-state index < -0.39 is 0 Å². The van der Waals surface area contributed by atoms with Gasteiger partial charge in [0, 0.05) is 41.1 Å². The van der Waals surface area contributed by atoms with Crippen molar-refractivity contribution in [2.75, 3.05) is 38.5 Å². The monoisotopic (exact) mass is 473 g/mol. The average Bonchev–Trinajstić information content (AvgIpc) is 3.34. The second kappa shape index (κ2) is 8.83. The lowest BCUT2D eigenvalue weighted by Gasteiger charge is -2.38. The molecule has 1 aliphatic rings. The molecule has 3 heterocycles. The number of amides is 1. The summed E-state index contributed by atoms with van der Waals surface area (Å²) in [6.45, 7) is 6.10. The number of nitrogens with one attached hydrogen (secondary N) is 1. The van der Waals surface area contributed by atoms with Gasteiger partial charge in [0.05, 0.1) is 12.3 Å². The number of anilines is 1. The third-order valence-electron chi connectivity index (χ3n) is 5.22. The molecule has 3 aromatic rings. The van der Waals surface area contributed by atoms with E-state index in [9.17, 15) is 4.79 Å². The summed E-state index contributed by atoms with van der Waals surface area (Å²) < 4.78 is 6.33. The Labute approximate surface area is 183 Å². The highest BCUT2D eigenvalue weighted by Crippen LogP contribution is 2.40. The summed E-state index contributed by atoms with van der Waals surface area (Å²) in [5.74, 6) is 0.102. The van der Waals surface area contributed by atoms with Crippen molar-refractivity contribution in [2.24, 2.45) is 0 Å². The molecule has 0 radical (unpaired) electrons. The van der Waals surface area contributed by atoms with Crippen molar-refractivity contribution in [3.05, 3.63) is 75.0 Å². The van der Waals surface area contributed by atoms with E-state index >= 15 is 0 Å². The SMILES string of the molecule is Cc1cc([C@@H](c2cccc(Br)c2)N2CCN(C)CC2)c(NC(=O)c2ccco2)s1. The van der Waals surface area contributed by atoms with E-state index in [1.165, 1.54) is 16.7 Å². The van der Waals surface area contributed by atoms with Crippen LogP contribution >= 0.6 is 27.3 Å². The Bertz CT molecular complexity index is 978. The van der Waals surface area contributed by atoms with Crippen LogP contribution in [0.3, 0.4) is 0 Å². The van der Waals surface area contributed by atoms with Gasteiger partial charge in [0.15, 0.2) is 5.76 Å². The zero-order valence-electron chi connectivity index (χ0n) is 16.5. The Morgan fingerprint density at radius 3 is 2.66 bits per heavy atom. The first-order valence-electron chi connectivity index (χ1n) is 9.64. The zero-order valence-corrected chi connectivity index (χ0v) is 18.9. The smallest absolute Gasteiger partial charge is 0.291 e. The van der Waals surface area contributed by atoms with E-state index in [1.54, 1.807) is 23.5 Å². The summed E-state index contributed by atoms with van der Waals surface area (Å²) >= 11 is 5.23. The van der Waals surface area contributed by atoms with E-state index in [-0.39, 0.29) is 11.9 Å². The van der Waals surface area contributed by atoms with Crippen LogP contribution in [-0.2, 0) is 0 Å². The van der Waals surface area contributed by atoms with Gasteiger partial charge in [-0.3, -0.25) is 9.69 Å². The Morgan fingerprint density at radius 1 is 1.17 bits per heavy atom. The quantitative estimate of drug-likeness (QED) is 0.566. The fourth-order valence-electron chi connectivity index (χ4n) is 3.75. The van der Waals surface area contributed by atoms with Crippen molar-refractivity contribution in [3.63, 3.8) is 0 Å². The molecule has 29 heavy (non-hydrogen) atoms. The lowest BCUT2D eigenvalue weighted by molar-refractivity contribution is 0.0996. The Balaban J connectivity index is 1.71. The van der Waals surface area contributed by atoms with E-state index in [2.05, 4.69) is 69.3 Å². The Hall–Kier alpha value is -1.93. The highest BCUT2D eigenvalue weighted by atomic mass is 79.9. The zero-order chi connectivity index (χ0) is 20.4. The van der Waals surface area contributed by atoms with Gasteiger partial charge in [-0.25, -0.2) is 0 Å². The first kappa shape index (κ1) is 20.3. The number of benzene rings is 1. The van der Waals surface area contributed by atoms with Crippen molar-refractivity contribution in [2.45, 2.75) is 13.0 Å². The van der Waals surface area contributed by atoms with Crippen molar-refractivity contribution >= 4 is 38.2 Å². The molecule has 1 N–H and O–H groups in total. The fourth-order valence-corrected chi connectivity index (χ4v) is 5.11. The predicted octanol–water partition coefficient (Wildman–Crippen LogP) is 5.00. The molecule has 0 saturated carbocycles. The minimum absolute atomic E-state index is 0.0815. The van der Waals surface area contributed by atoms with Crippen LogP contribution in [0.15, 0.2) is 57.6 Å². The molecule has 1 saturated heterocycles. The molecule has 1 atom stereocenters. The summed E-state index contributed by atoms with van der Waals surface area (Å²) in [4.78, 5) is 18.7. The van der Waals surface area contributed by atoms with Crippen LogP contribution in [0.2, 0.25) is 0 Å². The molecule has 5 nitrogen and oxygen atoms in total. The van der Waals surface area contributed by atoms with E-state index in [4.69, 9.17) is 4.42 Å². The van der Waals surface area contributed by atoms with Crippen LogP contribution in [0, 0.1) is 6.92 Å². The molecule has 7 heteroatoms. The number of hydrogen-bond acceptors (Lipinski definition) is 5. The van der Waals surface area contributed by atoms with Crippen molar-refractivity contribution < 1.29 is 9.21 Å². The maximum atomic E-state index is 12.6. The number of aryl methyl sites for hydroxylation is 1. The summed E-state index contributed by atoms with van der Waals surface area (Å²) in [5.41, 5.74) is 2.35. The maximum absolute atomic E-state index is 12.6. The van der Waals surface area contributed by atoms with E-state index in [0.717, 1.165) is 41.2 Å². The maximum Gasteiger partial charge on any atom is 0.291 e. The summed E-state index contributed by atoms with van der Waals surface area (Å²) in [5, 5.41) is 3.97. The Morgan fingerprint density at radius 2 is 1.97 bits per heavy atom. The molecular formula is C22H24BrN3O2S. The van der Waals surface area contributed by atoms with Crippen molar-refractivity contribution in [3.8, 4) is 0 Å². The van der Waals surface area contributed by atoms with Gasteiger partial charge in [-0.15, -0.1) is 11.3 Å². The minimum atomic E-state index is -0.218. The number of nitrogens with zero attached hydrogens (tertiary/aromatic N) is 2. The van der Waals surface area contributed by atoms with Crippen LogP contribution in [0.25, 0.3) is 0 Å². The number of rotatable bonds is 5. The number of carbonyl (C=O) groups is 1. The number of likely N-dealkylation sites (N-methyl/N-ethyl adjacent to an activating group) is 1. The van der Waals surface area contributed by atoms with E-state index in [1.807, 2.05) is 6.07 Å². The highest BCUT2D eigenvalue weighted by molar-refractivity contribution is 9.10. The molecule has 0 spiro atoms. The molecule has 1 amide bonds. The van der Waals surface area contributed by atoms with Crippen LogP contribution in [0.5, 0.6) is 0 Å². The normalized spacial score (nSPS) is 16.7. The number of carbonyl (C=O) groups excluding carboxylic acids is 1. The van der Waals surface area contributed by atoms with Gasteiger partial charge < -0.3 is 14.6 Å². The number of thiophene rings is 1. The van der Waals surface area contributed by atoms with Gasteiger partial charge in [-0.1, -0.05) is 28.1 Å². The van der Waals surface area contributed by atoms with Crippen LogP contribution in [0.4, 0.5) is 5.00 Å². The summed E-state index contributed by atoms with van der Waals surface area (Å²) in [6.07, 6.45) is 1.52. The molecule has 1 aliphatic heterocycles. The number of furan rings is 1. The minimum Gasteiger partial charge on any atom is -0.459 e. The molecule has 0 aliphatic carbocycles. The lowest BCUT2D eigenvalue weighted by atomic mass is 9.97. The Kier molecular flexibility index (Phi) is 6.20. The second-order valence-corrected chi connectivity index (χ2v) is 9.54. The molecule has 1 fully saturated rings. The molecule has 0 unspecified atom stereocenters. The summed E-state index contributed by atoms with van der Waals surface area (Å²) in [6, 6.07) is 14.1. The van der Waals surface area contributed by atoms with Gasteiger partial charge in [0.1, 0.15) is 5.00 Å². The summed E-state index contributed by atoms with van der Waals surface area (Å²) in [7, 11) is 2.16. The molecule has 1 aromatic carbocycles. The lowest BCUT2D eigenvalue weighted by Crippen LogP contribution is -2.46. The van der Waals surface area contributed by atoms with Gasteiger partial charge in [-0.2, -0.15) is 0 Å². The van der Waals surface area contributed by atoms with Gasteiger partial charge in [0.2, 0.25) is 0 Å². The second-order valence-electron chi connectivity index (χ2n) is 7.37. The topological polar surface area (TPSA) is 48.7 Å². The number of piperazine rings is 1. The predicted molar refractivity (Wildman–Crippen MR) is 121 cm³/mol. The largest absolute Gasteiger partial charge is 0.459 e. The highest BCUT2D eigenvalue weighted by Gasteiger charge is 2.29. The van der Waals surface area contributed by atoms with Gasteiger partial charge in [-0.05, 0) is 49.9 Å². The molecule has 0 bridgehead atoms. The van der Waals surface area contributed by atoms with E-state index in [0.29, 0.717) is 5.76 Å². The average molecular weight is 474 g/mol. The van der Waals surface area contributed by atoms with Crippen LogP contribution in [0.1, 0.15) is 32.6 Å². The third kappa shape index (κ3) is 4.64. The first-order chi connectivity index (χ1) is 14.0. The fraction of sp³-hybridized carbons (Fsp3) is 0.318. The van der Waals surface area contributed by atoms with Gasteiger partial charge >= 0.3 is 0 Å². The van der Waals surface area contributed by atoms with Crippen molar-refractivity contribution in [1.82, 2.24) is 9.80 Å². The molecular weight excluding hydrogens is 450 g/mol. The third-order valence-corrected chi connectivity index (χ3v) is 6.69. The molecule has 4 rings (SSSR count). The molecule has 2 aromatic heterocycles. The standard InChI is InChI=1S/C22H24BrN3O2S/c1-15-13-18(22(29-15)24-21(27)19-7-4-12-28-19)20(16-5-3-6-17(23)14-16)26-10-8-25(2)9-11-26/h3-7,12-14,20H,8-11H2,1-2H3,(H,24,27)/t20-/m1/s1. The molecule has 152 valence electrons. The first-order valence-corrected chi connectivity index (χ1v) is 11.3. The van der Waals surface area contributed by atoms with Gasteiger partial charge in [0.25, 0.3) is 5.91 Å². The number of hydrogen-bond donors (Lipinski definition) is 1. The van der Waals surface area contributed by atoms with Crippen LogP contribution < -0.4 is 5.32 Å².